The molecule has 136 valence electrons. The molecule has 0 radical (unpaired) electrons. The van der Waals surface area contributed by atoms with Gasteiger partial charge in [-0.05, 0) is 62.3 Å². The molecule has 1 fully saturated rings. The van der Waals surface area contributed by atoms with Crippen LogP contribution in [0, 0.1) is 6.92 Å². The van der Waals surface area contributed by atoms with Crippen LogP contribution in [0.15, 0.2) is 18.2 Å². The summed E-state index contributed by atoms with van der Waals surface area (Å²) in [7, 11) is 0. The lowest BCUT2D eigenvalue weighted by atomic mass is 10.0. The SMILES string of the molecule is Cc1ccc(C(C)C)c(OCCCCCCNCC2CCCO2)c1. The molecule has 0 saturated carbocycles. The van der Waals surface area contributed by atoms with E-state index in [0.717, 1.165) is 38.5 Å². The lowest BCUT2D eigenvalue weighted by molar-refractivity contribution is 0.110. The predicted molar refractivity (Wildman–Crippen MR) is 101 cm³/mol. The molecular formula is C21H35NO2. The average molecular weight is 334 g/mol. The molecule has 1 saturated heterocycles. The van der Waals surface area contributed by atoms with Crippen molar-refractivity contribution in [2.24, 2.45) is 0 Å². The van der Waals surface area contributed by atoms with Crippen molar-refractivity contribution in [2.75, 3.05) is 26.3 Å². The summed E-state index contributed by atoms with van der Waals surface area (Å²) in [6.07, 6.45) is 7.80. The molecule has 0 aromatic heterocycles. The van der Waals surface area contributed by atoms with Gasteiger partial charge in [0.05, 0.1) is 12.7 Å². The van der Waals surface area contributed by atoms with Crippen LogP contribution in [-0.4, -0.2) is 32.4 Å². The van der Waals surface area contributed by atoms with E-state index in [1.807, 2.05) is 0 Å². The molecule has 0 amide bonds. The van der Waals surface area contributed by atoms with Crippen LogP contribution in [-0.2, 0) is 4.74 Å². The molecule has 1 aliphatic rings. The van der Waals surface area contributed by atoms with E-state index in [9.17, 15) is 0 Å². The van der Waals surface area contributed by atoms with Crippen molar-refractivity contribution in [3.05, 3.63) is 29.3 Å². The minimum Gasteiger partial charge on any atom is -0.493 e. The average Bonchev–Trinajstić information content (AvgIpc) is 3.06. The van der Waals surface area contributed by atoms with Crippen molar-refractivity contribution >= 4 is 0 Å². The van der Waals surface area contributed by atoms with E-state index in [4.69, 9.17) is 9.47 Å². The molecule has 24 heavy (non-hydrogen) atoms. The van der Waals surface area contributed by atoms with Gasteiger partial charge in [-0.25, -0.2) is 0 Å². The van der Waals surface area contributed by atoms with Crippen LogP contribution in [0.5, 0.6) is 5.75 Å². The number of nitrogens with one attached hydrogen (secondary N) is 1. The Morgan fingerprint density at radius 1 is 1.21 bits per heavy atom. The Bertz CT molecular complexity index is 467. The maximum atomic E-state index is 6.04. The molecule has 3 heteroatoms. The van der Waals surface area contributed by atoms with Crippen LogP contribution in [0.2, 0.25) is 0 Å². The summed E-state index contributed by atoms with van der Waals surface area (Å²) in [5.41, 5.74) is 2.59. The highest BCUT2D eigenvalue weighted by atomic mass is 16.5. The second-order valence-corrected chi connectivity index (χ2v) is 7.30. The summed E-state index contributed by atoms with van der Waals surface area (Å²) >= 11 is 0. The molecule has 1 heterocycles. The van der Waals surface area contributed by atoms with E-state index >= 15 is 0 Å². The maximum Gasteiger partial charge on any atom is 0.122 e. The number of rotatable bonds is 11. The van der Waals surface area contributed by atoms with E-state index in [1.54, 1.807) is 0 Å². The first-order valence-electron chi connectivity index (χ1n) is 9.72. The highest BCUT2D eigenvalue weighted by Crippen LogP contribution is 2.27. The molecular weight excluding hydrogens is 298 g/mol. The first-order chi connectivity index (χ1) is 11.7. The molecule has 1 aromatic carbocycles. The van der Waals surface area contributed by atoms with E-state index < -0.39 is 0 Å². The van der Waals surface area contributed by atoms with Gasteiger partial charge in [0.1, 0.15) is 5.75 Å². The zero-order chi connectivity index (χ0) is 17.2. The van der Waals surface area contributed by atoms with Crippen molar-refractivity contribution in [3.8, 4) is 5.75 Å². The van der Waals surface area contributed by atoms with Gasteiger partial charge in [-0.15, -0.1) is 0 Å². The largest absolute Gasteiger partial charge is 0.493 e. The predicted octanol–water partition coefficient (Wildman–Crippen LogP) is 4.83. The van der Waals surface area contributed by atoms with Gasteiger partial charge in [-0.2, -0.15) is 0 Å². The molecule has 1 atom stereocenters. The minimum atomic E-state index is 0.461. The Labute approximate surface area is 148 Å². The number of unbranched alkanes of at least 4 members (excludes halogenated alkanes) is 3. The zero-order valence-corrected chi connectivity index (χ0v) is 15.8. The summed E-state index contributed by atoms with van der Waals surface area (Å²) in [5, 5.41) is 3.51. The van der Waals surface area contributed by atoms with Crippen molar-refractivity contribution < 1.29 is 9.47 Å². The fourth-order valence-electron chi connectivity index (χ4n) is 3.20. The van der Waals surface area contributed by atoms with Crippen molar-refractivity contribution in [1.29, 1.82) is 0 Å². The van der Waals surface area contributed by atoms with Gasteiger partial charge < -0.3 is 14.8 Å². The minimum absolute atomic E-state index is 0.461. The van der Waals surface area contributed by atoms with Gasteiger partial charge in [-0.1, -0.05) is 38.8 Å². The van der Waals surface area contributed by atoms with Gasteiger partial charge in [0.15, 0.2) is 0 Å². The molecule has 0 bridgehead atoms. The van der Waals surface area contributed by atoms with Crippen LogP contribution in [0.1, 0.15) is 69.4 Å². The van der Waals surface area contributed by atoms with E-state index in [0.29, 0.717) is 12.0 Å². The Morgan fingerprint density at radius 2 is 2.04 bits per heavy atom. The third-order valence-electron chi connectivity index (χ3n) is 4.69. The summed E-state index contributed by atoms with van der Waals surface area (Å²) in [5.74, 6) is 1.58. The molecule has 1 aliphatic heterocycles. The number of hydrogen-bond acceptors (Lipinski definition) is 3. The topological polar surface area (TPSA) is 30.5 Å². The van der Waals surface area contributed by atoms with E-state index in [1.165, 1.54) is 43.2 Å². The van der Waals surface area contributed by atoms with Gasteiger partial charge in [-0.3, -0.25) is 0 Å². The van der Waals surface area contributed by atoms with Gasteiger partial charge >= 0.3 is 0 Å². The number of hydrogen-bond donors (Lipinski definition) is 1. The second-order valence-electron chi connectivity index (χ2n) is 7.30. The number of benzene rings is 1. The third kappa shape index (κ3) is 6.82. The second kappa shape index (κ2) is 10.7. The Kier molecular flexibility index (Phi) is 8.62. The normalized spacial score (nSPS) is 17.6. The summed E-state index contributed by atoms with van der Waals surface area (Å²) in [6.45, 7) is 10.5. The van der Waals surface area contributed by atoms with Crippen LogP contribution >= 0.6 is 0 Å². The first kappa shape index (κ1) is 19.3. The summed E-state index contributed by atoms with van der Waals surface area (Å²) in [4.78, 5) is 0. The molecule has 1 unspecified atom stereocenters. The highest BCUT2D eigenvalue weighted by Gasteiger charge is 2.14. The quantitative estimate of drug-likeness (QED) is 0.589. The fraction of sp³-hybridized carbons (Fsp3) is 0.714. The van der Waals surface area contributed by atoms with Crippen LogP contribution in [0.3, 0.4) is 0 Å². The Hall–Kier alpha value is -1.06. The molecule has 0 aliphatic carbocycles. The Balaban J connectivity index is 1.51. The maximum absolute atomic E-state index is 6.04. The van der Waals surface area contributed by atoms with E-state index in [-0.39, 0.29) is 0 Å². The Morgan fingerprint density at radius 3 is 2.79 bits per heavy atom. The van der Waals surface area contributed by atoms with Crippen LogP contribution < -0.4 is 10.1 Å². The van der Waals surface area contributed by atoms with Crippen LogP contribution in [0.25, 0.3) is 0 Å². The molecule has 1 N–H and O–H groups in total. The highest BCUT2D eigenvalue weighted by molar-refractivity contribution is 5.39. The summed E-state index contributed by atoms with van der Waals surface area (Å²) < 4.78 is 11.7. The molecule has 1 aromatic rings. The lowest BCUT2D eigenvalue weighted by Gasteiger charge is -2.15. The molecule has 0 spiro atoms. The van der Waals surface area contributed by atoms with Crippen molar-refractivity contribution in [2.45, 2.75) is 71.3 Å². The van der Waals surface area contributed by atoms with Gasteiger partial charge in [0.2, 0.25) is 0 Å². The van der Waals surface area contributed by atoms with Gasteiger partial charge in [0.25, 0.3) is 0 Å². The monoisotopic (exact) mass is 333 g/mol. The number of ether oxygens (including phenoxy) is 2. The van der Waals surface area contributed by atoms with Crippen LogP contribution in [0.4, 0.5) is 0 Å². The number of aryl methyl sites for hydroxylation is 1. The van der Waals surface area contributed by atoms with Gasteiger partial charge in [0, 0.05) is 13.2 Å². The molecule has 2 rings (SSSR count). The van der Waals surface area contributed by atoms with Crippen molar-refractivity contribution in [3.63, 3.8) is 0 Å². The fourth-order valence-corrected chi connectivity index (χ4v) is 3.20. The zero-order valence-electron chi connectivity index (χ0n) is 15.8. The lowest BCUT2D eigenvalue weighted by Crippen LogP contribution is -2.26. The first-order valence-corrected chi connectivity index (χ1v) is 9.72. The standard InChI is InChI=1S/C21H35NO2/c1-17(2)20-11-10-18(3)15-21(20)24-13-7-5-4-6-12-22-16-19-9-8-14-23-19/h10-11,15,17,19,22H,4-9,12-14,16H2,1-3H3. The summed E-state index contributed by atoms with van der Waals surface area (Å²) in [6, 6.07) is 6.55. The third-order valence-corrected chi connectivity index (χ3v) is 4.69. The molecule has 3 nitrogen and oxygen atoms in total. The smallest absolute Gasteiger partial charge is 0.122 e. The van der Waals surface area contributed by atoms with Crippen molar-refractivity contribution in [1.82, 2.24) is 5.32 Å². The van der Waals surface area contributed by atoms with E-state index in [2.05, 4.69) is 44.3 Å².